The van der Waals surface area contributed by atoms with Crippen LogP contribution in [0.3, 0.4) is 0 Å². The lowest BCUT2D eigenvalue weighted by Crippen LogP contribution is -2.36. The molecule has 1 N–H and O–H groups in total. The van der Waals surface area contributed by atoms with Gasteiger partial charge in [-0.15, -0.1) is 0 Å². The Kier molecular flexibility index (Phi) is 5.93. The van der Waals surface area contributed by atoms with Crippen molar-refractivity contribution >= 4 is 16.1 Å². The van der Waals surface area contributed by atoms with E-state index in [0.29, 0.717) is 17.7 Å². The van der Waals surface area contributed by atoms with Crippen molar-refractivity contribution in [2.45, 2.75) is 44.7 Å². The van der Waals surface area contributed by atoms with Crippen molar-refractivity contribution in [1.29, 1.82) is 0 Å². The predicted octanol–water partition coefficient (Wildman–Crippen LogP) is 3.52. The largest absolute Gasteiger partial charge is 0.443 e. The molecule has 30 heavy (non-hydrogen) atoms. The van der Waals surface area contributed by atoms with E-state index in [-0.39, 0.29) is 4.90 Å². The summed E-state index contributed by atoms with van der Waals surface area (Å²) < 4.78 is 34.5. The number of nitrogens with one attached hydrogen (secondary N) is 1. The number of hydrogen-bond acceptors (Lipinski definition) is 6. The van der Waals surface area contributed by atoms with E-state index >= 15 is 0 Å². The molecule has 0 aliphatic carbocycles. The van der Waals surface area contributed by atoms with Crippen LogP contribution in [0.5, 0.6) is 0 Å². The monoisotopic (exact) mass is 428 g/mol. The number of ether oxygens (including phenoxy) is 1. The second-order valence-electron chi connectivity index (χ2n) is 7.90. The molecule has 3 aromatic rings. The van der Waals surface area contributed by atoms with Crippen LogP contribution in [0.2, 0.25) is 0 Å². The summed E-state index contributed by atoms with van der Waals surface area (Å²) in [5, 5.41) is 4.08. The molecule has 158 valence electrons. The predicted molar refractivity (Wildman–Crippen MR) is 112 cm³/mol. The molecule has 9 heteroatoms. The number of carbonyl (C=O) groups is 1. The second-order valence-corrected chi connectivity index (χ2v) is 9.55. The summed E-state index contributed by atoms with van der Waals surface area (Å²) in [6.45, 7) is 7.42. The van der Waals surface area contributed by atoms with Crippen LogP contribution in [0, 0.1) is 6.92 Å². The van der Waals surface area contributed by atoms with E-state index in [0.717, 1.165) is 11.1 Å². The summed E-state index contributed by atoms with van der Waals surface area (Å²) >= 11 is 0. The Labute approximate surface area is 176 Å². The number of aromatic nitrogens is 3. The molecule has 1 heterocycles. The summed E-state index contributed by atoms with van der Waals surface area (Å²) in [5.41, 5.74) is 2.29. The Morgan fingerprint density at radius 3 is 2.43 bits per heavy atom. The van der Waals surface area contributed by atoms with Gasteiger partial charge in [0.2, 0.25) is 0 Å². The van der Waals surface area contributed by atoms with Crippen molar-refractivity contribution in [3.8, 4) is 11.1 Å². The van der Waals surface area contributed by atoms with E-state index in [4.69, 9.17) is 4.74 Å². The lowest BCUT2D eigenvalue weighted by atomic mass is 10.0. The number of sulfonamides is 1. The molecule has 0 radical (unpaired) electrons. The van der Waals surface area contributed by atoms with Crippen molar-refractivity contribution in [1.82, 2.24) is 19.5 Å². The maximum Gasteiger partial charge on any atom is 0.421 e. The molecule has 0 saturated heterocycles. The van der Waals surface area contributed by atoms with Crippen LogP contribution in [-0.4, -0.2) is 34.9 Å². The van der Waals surface area contributed by atoms with Gasteiger partial charge >= 0.3 is 6.09 Å². The van der Waals surface area contributed by atoms with Gasteiger partial charge in [0.05, 0.1) is 11.4 Å². The molecule has 2 aromatic carbocycles. The first-order chi connectivity index (χ1) is 14.0. The van der Waals surface area contributed by atoms with Crippen LogP contribution < -0.4 is 4.72 Å². The van der Waals surface area contributed by atoms with Gasteiger partial charge < -0.3 is 4.74 Å². The van der Waals surface area contributed by atoms with Crippen molar-refractivity contribution in [2.75, 3.05) is 0 Å². The number of amides is 1. The highest BCUT2D eigenvalue weighted by atomic mass is 32.2. The Morgan fingerprint density at radius 2 is 1.83 bits per heavy atom. The maximum absolute atomic E-state index is 12.9. The molecule has 0 bridgehead atoms. The normalized spacial score (nSPS) is 11.9. The van der Waals surface area contributed by atoms with Crippen molar-refractivity contribution < 1.29 is 17.9 Å². The van der Waals surface area contributed by atoms with E-state index in [2.05, 4.69) is 10.1 Å². The number of rotatable bonds is 5. The van der Waals surface area contributed by atoms with Crippen LogP contribution in [0.25, 0.3) is 11.1 Å². The zero-order valence-electron chi connectivity index (χ0n) is 17.3. The topological polar surface area (TPSA) is 103 Å². The van der Waals surface area contributed by atoms with Gasteiger partial charge in [-0.3, -0.25) is 0 Å². The number of nitrogens with zero attached hydrogens (tertiary/aromatic N) is 3. The standard InChI is InChI=1S/C21H24N4O4S/c1-15-5-10-19(30(27,28)24-20(26)29-21(2,3)4)18(11-15)17-8-6-16(7-9-17)12-25-14-22-13-23-25/h5-11,13-14H,12H2,1-4H3,(H,24,26). The van der Waals surface area contributed by atoms with Crippen molar-refractivity contribution in [3.05, 3.63) is 66.2 Å². The number of carbonyl (C=O) groups excluding carboxylic acids is 1. The van der Waals surface area contributed by atoms with Gasteiger partial charge in [-0.2, -0.15) is 5.10 Å². The SMILES string of the molecule is Cc1ccc(S(=O)(=O)NC(=O)OC(C)(C)C)c(-c2ccc(Cn3cncn3)cc2)c1. The summed E-state index contributed by atoms with van der Waals surface area (Å²) in [7, 11) is -4.13. The quantitative estimate of drug-likeness (QED) is 0.667. The van der Waals surface area contributed by atoms with Gasteiger partial charge in [0.25, 0.3) is 10.0 Å². The third-order valence-corrected chi connectivity index (χ3v) is 5.49. The lowest BCUT2D eigenvalue weighted by Gasteiger charge is -2.20. The summed E-state index contributed by atoms with van der Waals surface area (Å²) in [6.07, 6.45) is 2.08. The Balaban J connectivity index is 1.90. The first-order valence-electron chi connectivity index (χ1n) is 9.32. The van der Waals surface area contributed by atoms with Gasteiger partial charge in [0.15, 0.2) is 0 Å². The maximum atomic E-state index is 12.9. The smallest absolute Gasteiger partial charge is 0.421 e. The number of hydrogen-bond donors (Lipinski definition) is 1. The molecule has 0 unspecified atom stereocenters. The fourth-order valence-corrected chi connectivity index (χ4v) is 3.94. The van der Waals surface area contributed by atoms with Gasteiger partial charge in [-0.25, -0.2) is 27.6 Å². The highest BCUT2D eigenvalue weighted by Crippen LogP contribution is 2.29. The molecular formula is C21H24N4O4S. The minimum atomic E-state index is -4.13. The average Bonchev–Trinajstić information content (AvgIpc) is 3.13. The number of aryl methyl sites for hydroxylation is 1. The van der Waals surface area contributed by atoms with E-state index < -0.39 is 21.7 Å². The zero-order chi connectivity index (χ0) is 21.9. The van der Waals surface area contributed by atoms with Crippen molar-refractivity contribution in [2.24, 2.45) is 0 Å². The van der Waals surface area contributed by atoms with E-state index in [1.165, 1.54) is 12.4 Å². The fourth-order valence-electron chi connectivity index (χ4n) is 2.86. The highest BCUT2D eigenvalue weighted by Gasteiger charge is 2.25. The van der Waals surface area contributed by atoms with Crippen LogP contribution in [-0.2, 0) is 21.3 Å². The van der Waals surface area contributed by atoms with E-state index in [9.17, 15) is 13.2 Å². The first kappa shape index (κ1) is 21.5. The van der Waals surface area contributed by atoms with Crippen LogP contribution in [0.1, 0.15) is 31.9 Å². The summed E-state index contributed by atoms with van der Waals surface area (Å²) in [6, 6.07) is 12.4. The van der Waals surface area contributed by atoms with E-state index in [1.54, 1.807) is 43.9 Å². The first-order valence-corrected chi connectivity index (χ1v) is 10.8. The molecule has 1 amide bonds. The average molecular weight is 429 g/mol. The minimum absolute atomic E-state index is 0.00276. The molecule has 0 atom stereocenters. The van der Waals surface area contributed by atoms with Crippen LogP contribution in [0.15, 0.2) is 60.0 Å². The lowest BCUT2D eigenvalue weighted by molar-refractivity contribution is 0.0570. The van der Waals surface area contributed by atoms with Crippen molar-refractivity contribution in [3.63, 3.8) is 0 Å². The van der Waals surface area contributed by atoms with Gasteiger partial charge in [-0.1, -0.05) is 42.0 Å². The van der Waals surface area contributed by atoms with Gasteiger partial charge in [0, 0.05) is 5.56 Å². The van der Waals surface area contributed by atoms with Gasteiger partial charge in [-0.05, 0) is 44.9 Å². The Hall–Kier alpha value is -3.20. The zero-order valence-corrected chi connectivity index (χ0v) is 18.1. The third-order valence-electron chi connectivity index (χ3n) is 4.12. The van der Waals surface area contributed by atoms with Crippen LogP contribution >= 0.6 is 0 Å². The molecule has 0 fully saturated rings. The van der Waals surface area contributed by atoms with Gasteiger partial charge in [0.1, 0.15) is 18.3 Å². The summed E-state index contributed by atoms with van der Waals surface area (Å²) in [4.78, 5) is 16.0. The molecule has 1 aromatic heterocycles. The summed E-state index contributed by atoms with van der Waals surface area (Å²) in [5.74, 6) is 0. The molecule has 0 saturated carbocycles. The molecule has 3 rings (SSSR count). The molecule has 0 spiro atoms. The molecule has 0 aliphatic rings. The van der Waals surface area contributed by atoms with E-state index in [1.807, 2.05) is 35.9 Å². The number of benzene rings is 2. The third kappa shape index (κ3) is 5.44. The molecule has 8 nitrogen and oxygen atoms in total. The minimum Gasteiger partial charge on any atom is -0.443 e. The van der Waals surface area contributed by atoms with Crippen LogP contribution in [0.4, 0.5) is 4.79 Å². The second kappa shape index (κ2) is 8.27. The highest BCUT2D eigenvalue weighted by molar-refractivity contribution is 7.90. The molecule has 0 aliphatic heterocycles. The Morgan fingerprint density at radius 1 is 1.13 bits per heavy atom. The Bertz CT molecular complexity index is 1130. The fraction of sp³-hybridized carbons (Fsp3) is 0.286. The molecular weight excluding hydrogens is 404 g/mol.